The van der Waals surface area contributed by atoms with E-state index in [1.807, 2.05) is 0 Å². The van der Waals surface area contributed by atoms with Crippen LogP contribution in [0.5, 0.6) is 0 Å². The molecule has 1 unspecified atom stereocenters. The molecule has 154 valence electrons. The van der Waals surface area contributed by atoms with Crippen molar-refractivity contribution >= 4 is 21.7 Å². The first-order chi connectivity index (χ1) is 15.2. The van der Waals surface area contributed by atoms with Gasteiger partial charge in [0.25, 0.3) is 0 Å². The molecular formula is C29H28N2. The lowest BCUT2D eigenvalue weighted by molar-refractivity contribution is 0.578. The minimum Gasteiger partial charge on any atom is -0.341 e. The molecule has 1 atom stereocenters. The predicted octanol–water partition coefficient (Wildman–Crippen LogP) is 7.33. The molecule has 1 N–H and O–H groups in total. The summed E-state index contributed by atoms with van der Waals surface area (Å²) in [6, 6.07) is 35.3. The summed E-state index contributed by atoms with van der Waals surface area (Å²) in [7, 11) is 0. The van der Waals surface area contributed by atoms with Crippen molar-refractivity contribution in [2.24, 2.45) is 0 Å². The Morgan fingerprint density at radius 2 is 1.55 bits per heavy atom. The minimum absolute atomic E-state index is 0.280. The van der Waals surface area contributed by atoms with Gasteiger partial charge in [0.1, 0.15) is 0 Å². The van der Waals surface area contributed by atoms with Crippen molar-refractivity contribution in [2.75, 3.05) is 0 Å². The van der Waals surface area contributed by atoms with E-state index >= 15 is 0 Å². The summed E-state index contributed by atoms with van der Waals surface area (Å²) >= 11 is 0. The molecular weight excluding hydrogens is 376 g/mol. The van der Waals surface area contributed by atoms with Crippen LogP contribution in [0.3, 0.4) is 0 Å². The quantitative estimate of drug-likeness (QED) is 0.313. The Hall–Kier alpha value is -3.36. The van der Waals surface area contributed by atoms with Crippen molar-refractivity contribution in [1.29, 1.82) is 0 Å². The van der Waals surface area contributed by atoms with Gasteiger partial charge in [-0.3, -0.25) is 0 Å². The molecule has 0 aliphatic carbocycles. The van der Waals surface area contributed by atoms with Crippen molar-refractivity contribution in [1.82, 2.24) is 9.88 Å². The van der Waals surface area contributed by atoms with Gasteiger partial charge in [-0.2, -0.15) is 0 Å². The Labute approximate surface area is 184 Å². The van der Waals surface area contributed by atoms with Crippen LogP contribution in [-0.4, -0.2) is 4.57 Å². The Balaban J connectivity index is 1.41. The van der Waals surface area contributed by atoms with Crippen LogP contribution in [0.25, 0.3) is 32.9 Å². The molecule has 2 nitrogen and oxygen atoms in total. The standard InChI is InChI=1S/C29H28N2/c1-3-31-28-17-16-22(18-25(28)19-29(31)24-11-5-4-6-12-24)20-30-21(2)26-15-9-13-23-10-7-8-14-27(23)26/h4-19,21,30H,3,20H2,1-2H3. The van der Waals surface area contributed by atoms with Gasteiger partial charge in [-0.1, -0.05) is 78.9 Å². The van der Waals surface area contributed by atoms with E-state index in [2.05, 4.69) is 121 Å². The first-order valence-electron chi connectivity index (χ1n) is 11.1. The Bertz CT molecular complexity index is 1330. The SMILES string of the molecule is CCn1c(-c2ccccc2)cc2cc(CNC(C)c3cccc4ccccc34)ccc21. The largest absolute Gasteiger partial charge is 0.341 e. The molecule has 0 spiro atoms. The Morgan fingerprint density at radius 3 is 2.39 bits per heavy atom. The van der Waals surface area contributed by atoms with Gasteiger partial charge in [0.05, 0.1) is 0 Å². The molecule has 0 aliphatic rings. The van der Waals surface area contributed by atoms with Gasteiger partial charge in [-0.05, 0) is 59.5 Å². The van der Waals surface area contributed by atoms with Crippen LogP contribution < -0.4 is 5.32 Å². The molecule has 1 heterocycles. The van der Waals surface area contributed by atoms with Gasteiger partial charge in [0, 0.05) is 35.7 Å². The molecule has 0 radical (unpaired) electrons. The zero-order chi connectivity index (χ0) is 21.2. The topological polar surface area (TPSA) is 17.0 Å². The first kappa shape index (κ1) is 19.6. The summed E-state index contributed by atoms with van der Waals surface area (Å²) in [5.74, 6) is 0. The molecule has 5 aromatic rings. The number of benzene rings is 4. The minimum atomic E-state index is 0.280. The summed E-state index contributed by atoms with van der Waals surface area (Å²) in [4.78, 5) is 0. The van der Waals surface area contributed by atoms with Crippen molar-refractivity contribution in [2.45, 2.75) is 33.0 Å². The van der Waals surface area contributed by atoms with Crippen LogP contribution >= 0.6 is 0 Å². The average molecular weight is 405 g/mol. The fourth-order valence-corrected chi connectivity index (χ4v) is 4.63. The maximum Gasteiger partial charge on any atom is 0.0491 e. The summed E-state index contributed by atoms with van der Waals surface area (Å²) < 4.78 is 2.40. The fourth-order valence-electron chi connectivity index (χ4n) is 4.63. The van der Waals surface area contributed by atoms with Crippen molar-refractivity contribution in [3.05, 3.63) is 108 Å². The van der Waals surface area contributed by atoms with Crippen molar-refractivity contribution < 1.29 is 0 Å². The number of hydrogen-bond acceptors (Lipinski definition) is 1. The molecule has 31 heavy (non-hydrogen) atoms. The highest BCUT2D eigenvalue weighted by atomic mass is 15.0. The number of nitrogens with one attached hydrogen (secondary N) is 1. The van der Waals surface area contributed by atoms with Gasteiger partial charge in [-0.15, -0.1) is 0 Å². The third-order valence-corrected chi connectivity index (χ3v) is 6.25. The molecule has 2 heteroatoms. The zero-order valence-electron chi connectivity index (χ0n) is 18.2. The van der Waals surface area contributed by atoms with E-state index in [0.29, 0.717) is 0 Å². The van der Waals surface area contributed by atoms with Crippen LogP contribution in [0.2, 0.25) is 0 Å². The van der Waals surface area contributed by atoms with Crippen LogP contribution in [0.1, 0.15) is 31.0 Å². The van der Waals surface area contributed by atoms with Crippen molar-refractivity contribution in [3.63, 3.8) is 0 Å². The van der Waals surface area contributed by atoms with E-state index in [0.717, 1.165) is 13.1 Å². The number of rotatable bonds is 6. The lowest BCUT2D eigenvalue weighted by Crippen LogP contribution is -2.18. The van der Waals surface area contributed by atoms with E-state index in [-0.39, 0.29) is 6.04 Å². The molecule has 0 aliphatic heterocycles. The maximum atomic E-state index is 3.73. The third kappa shape index (κ3) is 3.75. The average Bonchev–Trinajstić information content (AvgIpc) is 3.20. The highest BCUT2D eigenvalue weighted by Crippen LogP contribution is 2.29. The van der Waals surface area contributed by atoms with Crippen LogP contribution in [0, 0.1) is 0 Å². The number of aryl methyl sites for hydroxylation is 1. The molecule has 1 aromatic heterocycles. The van der Waals surface area contributed by atoms with Crippen LogP contribution in [0.15, 0.2) is 97.1 Å². The second-order valence-electron chi connectivity index (χ2n) is 8.20. The van der Waals surface area contributed by atoms with Gasteiger partial charge in [-0.25, -0.2) is 0 Å². The number of hydrogen-bond donors (Lipinski definition) is 1. The third-order valence-electron chi connectivity index (χ3n) is 6.25. The van der Waals surface area contributed by atoms with E-state index in [1.54, 1.807) is 0 Å². The lowest BCUT2D eigenvalue weighted by Gasteiger charge is -2.17. The number of aromatic nitrogens is 1. The molecule has 0 bridgehead atoms. The predicted molar refractivity (Wildman–Crippen MR) is 132 cm³/mol. The molecule has 0 fully saturated rings. The van der Waals surface area contributed by atoms with E-state index < -0.39 is 0 Å². The zero-order valence-corrected chi connectivity index (χ0v) is 18.2. The molecule has 0 saturated heterocycles. The van der Waals surface area contributed by atoms with E-state index in [9.17, 15) is 0 Å². The smallest absolute Gasteiger partial charge is 0.0491 e. The molecule has 0 saturated carbocycles. The second-order valence-corrected chi connectivity index (χ2v) is 8.20. The van der Waals surface area contributed by atoms with E-state index in [4.69, 9.17) is 0 Å². The highest BCUT2D eigenvalue weighted by Gasteiger charge is 2.12. The van der Waals surface area contributed by atoms with Gasteiger partial charge < -0.3 is 9.88 Å². The monoisotopic (exact) mass is 404 g/mol. The van der Waals surface area contributed by atoms with Crippen LogP contribution in [-0.2, 0) is 13.1 Å². The summed E-state index contributed by atoms with van der Waals surface area (Å²) in [5.41, 5.74) is 6.51. The lowest BCUT2D eigenvalue weighted by atomic mass is 9.99. The first-order valence-corrected chi connectivity index (χ1v) is 11.1. The maximum absolute atomic E-state index is 3.73. The van der Waals surface area contributed by atoms with Gasteiger partial charge in [0.2, 0.25) is 0 Å². The molecule has 4 aromatic carbocycles. The fraction of sp³-hybridized carbons (Fsp3) is 0.172. The summed E-state index contributed by atoms with van der Waals surface area (Å²) in [6.07, 6.45) is 0. The Kier molecular flexibility index (Phi) is 5.31. The highest BCUT2D eigenvalue weighted by molar-refractivity contribution is 5.88. The van der Waals surface area contributed by atoms with Crippen LogP contribution in [0.4, 0.5) is 0 Å². The van der Waals surface area contributed by atoms with Crippen molar-refractivity contribution in [3.8, 4) is 11.3 Å². The van der Waals surface area contributed by atoms with E-state index in [1.165, 1.54) is 44.1 Å². The van der Waals surface area contributed by atoms with Gasteiger partial charge >= 0.3 is 0 Å². The molecule has 5 rings (SSSR count). The normalized spacial score (nSPS) is 12.5. The Morgan fingerprint density at radius 1 is 0.774 bits per heavy atom. The second kappa shape index (κ2) is 8.41. The summed E-state index contributed by atoms with van der Waals surface area (Å²) in [5, 5.41) is 7.66. The molecule has 0 amide bonds. The number of fused-ring (bicyclic) bond motifs is 2. The summed E-state index contributed by atoms with van der Waals surface area (Å²) in [6.45, 7) is 6.27. The van der Waals surface area contributed by atoms with Gasteiger partial charge in [0.15, 0.2) is 0 Å². The number of nitrogens with zero attached hydrogens (tertiary/aromatic N) is 1.